The molecule has 1 amide bonds. The maximum atomic E-state index is 12.4. The van der Waals surface area contributed by atoms with E-state index in [1.54, 1.807) is 0 Å². The molecule has 0 aromatic carbocycles. The molecule has 0 bridgehead atoms. The summed E-state index contributed by atoms with van der Waals surface area (Å²) in [6.45, 7) is 8.46. The van der Waals surface area contributed by atoms with Crippen LogP contribution in [0.1, 0.15) is 110 Å². The third-order valence-electron chi connectivity index (χ3n) is 6.49. The number of rotatable bonds is 26. The topological polar surface area (TPSA) is 97.4 Å². The largest absolute Gasteiger partial charge is 0.466 e. The van der Waals surface area contributed by atoms with Crippen LogP contribution in [0.3, 0.4) is 0 Å². The molecule has 0 aliphatic heterocycles. The summed E-state index contributed by atoms with van der Waals surface area (Å²) in [6.07, 6.45) is 11.7. The summed E-state index contributed by atoms with van der Waals surface area (Å²) in [5, 5.41) is 2.86. The number of esters is 2. The lowest BCUT2D eigenvalue weighted by Crippen LogP contribution is -2.32. The minimum absolute atomic E-state index is 0.170. The molecule has 230 valence electrons. The van der Waals surface area contributed by atoms with E-state index >= 15 is 0 Å². The van der Waals surface area contributed by atoms with Crippen LogP contribution < -0.4 is 5.32 Å². The first-order valence-corrected chi connectivity index (χ1v) is 15.4. The first-order valence-electron chi connectivity index (χ1n) is 15.4. The van der Waals surface area contributed by atoms with E-state index in [-0.39, 0.29) is 18.0 Å². The maximum Gasteiger partial charge on any atom is 0.407 e. The van der Waals surface area contributed by atoms with Gasteiger partial charge in [-0.3, -0.25) is 9.59 Å². The summed E-state index contributed by atoms with van der Waals surface area (Å²) in [7, 11) is 6.29. The van der Waals surface area contributed by atoms with Crippen LogP contribution in [0.25, 0.3) is 0 Å². The maximum absolute atomic E-state index is 12.4. The number of nitrogens with zero attached hydrogens (tertiary/aromatic N) is 2. The Morgan fingerprint density at radius 3 is 1.69 bits per heavy atom. The van der Waals surface area contributed by atoms with Crippen LogP contribution in [-0.2, 0) is 23.8 Å². The average molecular weight is 558 g/mol. The fourth-order valence-corrected chi connectivity index (χ4v) is 4.09. The predicted molar refractivity (Wildman–Crippen MR) is 157 cm³/mol. The molecule has 0 fully saturated rings. The molecule has 0 rings (SSSR count). The van der Waals surface area contributed by atoms with Gasteiger partial charge in [0.25, 0.3) is 0 Å². The van der Waals surface area contributed by atoms with Crippen LogP contribution >= 0.6 is 0 Å². The van der Waals surface area contributed by atoms with Gasteiger partial charge in [-0.05, 0) is 98.6 Å². The normalized spacial score (nSPS) is 11.3. The van der Waals surface area contributed by atoms with Gasteiger partial charge >= 0.3 is 18.0 Å². The summed E-state index contributed by atoms with van der Waals surface area (Å²) < 4.78 is 16.3. The standard InChI is InChI=1S/C30H59N3O6/c1-6-8-10-19-28(34)37-25-14-17-27(18-15-26-38-29(35)20-11-9-7-2)39-30(36)31-21-16-24-33(5)23-13-12-22-32(3)4/h27H,6-26H2,1-5H3,(H,31,36). The number of ether oxygens (including phenoxy) is 3. The summed E-state index contributed by atoms with van der Waals surface area (Å²) in [6, 6.07) is 0. The first-order chi connectivity index (χ1) is 18.8. The van der Waals surface area contributed by atoms with Gasteiger partial charge < -0.3 is 29.3 Å². The van der Waals surface area contributed by atoms with Gasteiger partial charge in [0.1, 0.15) is 6.10 Å². The van der Waals surface area contributed by atoms with Crippen molar-refractivity contribution in [2.75, 3.05) is 60.5 Å². The highest BCUT2D eigenvalue weighted by Crippen LogP contribution is 2.12. The third kappa shape index (κ3) is 26.1. The molecule has 0 aliphatic rings. The summed E-state index contributed by atoms with van der Waals surface area (Å²) in [5.41, 5.74) is 0. The lowest BCUT2D eigenvalue weighted by atomic mass is 10.1. The number of hydrogen-bond donors (Lipinski definition) is 1. The number of nitrogens with one attached hydrogen (secondary N) is 1. The minimum Gasteiger partial charge on any atom is -0.466 e. The van der Waals surface area contributed by atoms with Gasteiger partial charge in [0, 0.05) is 19.4 Å². The second-order valence-electron chi connectivity index (χ2n) is 10.8. The highest BCUT2D eigenvalue weighted by atomic mass is 16.6. The molecule has 0 aromatic rings. The van der Waals surface area contributed by atoms with Gasteiger partial charge in [0.15, 0.2) is 0 Å². The molecule has 0 aromatic heterocycles. The summed E-state index contributed by atoms with van der Waals surface area (Å²) in [5.74, 6) is -0.340. The molecule has 39 heavy (non-hydrogen) atoms. The molecule has 0 aliphatic carbocycles. The molecule has 0 atom stereocenters. The van der Waals surface area contributed by atoms with Crippen LogP contribution in [0.2, 0.25) is 0 Å². The zero-order valence-corrected chi connectivity index (χ0v) is 25.8. The van der Waals surface area contributed by atoms with Crippen molar-refractivity contribution in [3.8, 4) is 0 Å². The Labute approximate surface area is 238 Å². The van der Waals surface area contributed by atoms with Gasteiger partial charge in [0.05, 0.1) is 13.2 Å². The Bertz CT molecular complexity index is 588. The molecular formula is C30H59N3O6. The van der Waals surface area contributed by atoms with Crippen molar-refractivity contribution in [2.24, 2.45) is 0 Å². The van der Waals surface area contributed by atoms with Gasteiger partial charge in [-0.2, -0.15) is 0 Å². The van der Waals surface area contributed by atoms with Gasteiger partial charge in [-0.25, -0.2) is 4.79 Å². The smallest absolute Gasteiger partial charge is 0.407 e. The van der Waals surface area contributed by atoms with Crippen molar-refractivity contribution >= 4 is 18.0 Å². The Balaban J connectivity index is 4.34. The van der Waals surface area contributed by atoms with Crippen LogP contribution in [0, 0.1) is 0 Å². The van der Waals surface area contributed by atoms with E-state index in [1.165, 1.54) is 6.42 Å². The van der Waals surface area contributed by atoms with Crippen LogP contribution in [0.15, 0.2) is 0 Å². The zero-order chi connectivity index (χ0) is 29.1. The summed E-state index contributed by atoms with van der Waals surface area (Å²) >= 11 is 0. The molecule has 0 saturated heterocycles. The van der Waals surface area contributed by atoms with E-state index in [4.69, 9.17) is 14.2 Å². The number of hydrogen-bond acceptors (Lipinski definition) is 8. The number of unbranched alkanes of at least 4 members (excludes halogenated alkanes) is 5. The Hall–Kier alpha value is -1.87. The first kappa shape index (κ1) is 37.1. The zero-order valence-electron chi connectivity index (χ0n) is 25.8. The molecule has 0 unspecified atom stereocenters. The molecule has 1 N–H and O–H groups in total. The number of alkyl carbamates (subject to hydrolysis) is 1. The fraction of sp³-hybridized carbons (Fsp3) is 0.900. The van der Waals surface area contributed by atoms with Crippen LogP contribution in [0.4, 0.5) is 4.79 Å². The monoisotopic (exact) mass is 557 g/mol. The van der Waals surface area contributed by atoms with Crippen molar-refractivity contribution in [3.63, 3.8) is 0 Å². The molecule has 0 heterocycles. The second-order valence-corrected chi connectivity index (χ2v) is 10.8. The number of carbonyl (C=O) groups excluding carboxylic acids is 3. The van der Waals surface area contributed by atoms with E-state index in [0.717, 1.165) is 71.0 Å². The van der Waals surface area contributed by atoms with Crippen molar-refractivity contribution in [1.29, 1.82) is 0 Å². The van der Waals surface area contributed by atoms with Crippen molar-refractivity contribution < 1.29 is 28.6 Å². The average Bonchev–Trinajstić information content (AvgIpc) is 2.89. The predicted octanol–water partition coefficient (Wildman–Crippen LogP) is 5.55. The lowest BCUT2D eigenvalue weighted by Gasteiger charge is -2.19. The Kier molecular flexibility index (Phi) is 25.1. The lowest BCUT2D eigenvalue weighted by molar-refractivity contribution is -0.144. The van der Waals surface area contributed by atoms with Crippen molar-refractivity contribution in [3.05, 3.63) is 0 Å². The minimum atomic E-state index is -0.429. The number of carbonyl (C=O) groups is 3. The van der Waals surface area contributed by atoms with E-state index in [0.29, 0.717) is 58.3 Å². The van der Waals surface area contributed by atoms with E-state index in [9.17, 15) is 14.4 Å². The molecule has 9 nitrogen and oxygen atoms in total. The highest BCUT2D eigenvalue weighted by molar-refractivity contribution is 5.69. The van der Waals surface area contributed by atoms with E-state index in [2.05, 4.69) is 50.1 Å². The second kappa shape index (κ2) is 26.4. The summed E-state index contributed by atoms with van der Waals surface area (Å²) in [4.78, 5) is 40.6. The number of amides is 1. The van der Waals surface area contributed by atoms with Gasteiger partial charge in [-0.1, -0.05) is 39.5 Å². The van der Waals surface area contributed by atoms with Crippen LogP contribution in [-0.4, -0.2) is 94.5 Å². The van der Waals surface area contributed by atoms with Crippen molar-refractivity contribution in [1.82, 2.24) is 15.1 Å². The Morgan fingerprint density at radius 1 is 0.667 bits per heavy atom. The molecule has 0 saturated carbocycles. The van der Waals surface area contributed by atoms with Gasteiger partial charge in [-0.15, -0.1) is 0 Å². The van der Waals surface area contributed by atoms with E-state index < -0.39 is 6.09 Å². The van der Waals surface area contributed by atoms with Gasteiger partial charge in [0.2, 0.25) is 0 Å². The Morgan fingerprint density at radius 2 is 1.18 bits per heavy atom. The van der Waals surface area contributed by atoms with E-state index in [1.807, 2.05) is 0 Å². The SMILES string of the molecule is CCCCCC(=O)OCCCC(CCCOC(=O)CCCCC)OC(=O)NCCCN(C)CCCCN(C)C. The highest BCUT2D eigenvalue weighted by Gasteiger charge is 2.15. The molecule has 0 spiro atoms. The molecule has 9 heteroatoms. The quantitative estimate of drug-likeness (QED) is 0.0840. The third-order valence-corrected chi connectivity index (χ3v) is 6.49. The molecule has 0 radical (unpaired) electrons. The fourth-order valence-electron chi connectivity index (χ4n) is 4.09. The molecular weight excluding hydrogens is 498 g/mol. The van der Waals surface area contributed by atoms with Crippen LogP contribution in [0.5, 0.6) is 0 Å². The van der Waals surface area contributed by atoms with Crippen molar-refractivity contribution in [2.45, 2.75) is 116 Å².